The first-order valence-electron chi connectivity index (χ1n) is 7.08. The highest BCUT2D eigenvalue weighted by molar-refractivity contribution is 8.00. The number of hydrogen-bond donors (Lipinski definition) is 1. The number of thioether (sulfide) groups is 1. The normalized spacial score (nSPS) is 16.0. The zero-order valence-corrected chi connectivity index (χ0v) is 13.1. The molecule has 1 atom stereocenters. The van der Waals surface area contributed by atoms with Crippen molar-refractivity contribution in [2.24, 2.45) is 5.73 Å². The average Bonchev–Trinajstić information content (AvgIpc) is 2.80. The van der Waals surface area contributed by atoms with Gasteiger partial charge in [-0.25, -0.2) is 0 Å². The predicted molar refractivity (Wildman–Crippen MR) is 84.1 cm³/mol. The first-order chi connectivity index (χ1) is 8.94. The molecule has 106 valence electrons. The van der Waals surface area contributed by atoms with Gasteiger partial charge in [-0.15, -0.1) is 0 Å². The van der Waals surface area contributed by atoms with E-state index in [1.807, 2.05) is 11.8 Å². The maximum atomic E-state index is 6.20. The van der Waals surface area contributed by atoms with E-state index in [2.05, 4.69) is 39.0 Å². The topological polar surface area (TPSA) is 35.2 Å². The van der Waals surface area contributed by atoms with Crippen LogP contribution in [0.25, 0.3) is 0 Å². The minimum Gasteiger partial charge on any atom is -0.493 e. The molecule has 1 aromatic rings. The van der Waals surface area contributed by atoms with Gasteiger partial charge in [-0.2, -0.15) is 11.8 Å². The number of benzene rings is 1. The van der Waals surface area contributed by atoms with E-state index in [9.17, 15) is 0 Å². The second-order valence-electron chi connectivity index (χ2n) is 6.26. The van der Waals surface area contributed by atoms with Crippen LogP contribution < -0.4 is 10.5 Å². The van der Waals surface area contributed by atoms with Crippen LogP contribution >= 0.6 is 11.8 Å². The van der Waals surface area contributed by atoms with Crippen molar-refractivity contribution in [3.63, 3.8) is 0 Å². The molecule has 1 aliphatic rings. The Bertz CT molecular complexity index is 425. The highest BCUT2D eigenvalue weighted by Gasteiger charge is 2.14. The lowest BCUT2D eigenvalue weighted by Gasteiger charge is -2.20. The summed E-state index contributed by atoms with van der Waals surface area (Å²) in [6.45, 7) is 7.56. The molecule has 0 saturated carbocycles. The standard InChI is InChI=1S/C16H25NOS/c1-16(2,3)19-11-14(17)6-4-12-5-7-15-13(10-12)8-9-18-15/h5,7,10,14H,4,6,8-9,11,17H2,1-3H3. The van der Waals surface area contributed by atoms with Crippen LogP contribution in [0.2, 0.25) is 0 Å². The Morgan fingerprint density at radius 3 is 2.89 bits per heavy atom. The molecule has 0 bridgehead atoms. The van der Waals surface area contributed by atoms with Crippen LogP contribution in [-0.2, 0) is 12.8 Å². The summed E-state index contributed by atoms with van der Waals surface area (Å²) in [5.41, 5.74) is 8.94. The second-order valence-corrected chi connectivity index (χ2v) is 8.11. The van der Waals surface area contributed by atoms with Crippen LogP contribution in [0.1, 0.15) is 38.3 Å². The fourth-order valence-corrected chi connectivity index (χ4v) is 3.07. The molecule has 2 nitrogen and oxygen atoms in total. The molecule has 1 unspecified atom stereocenters. The van der Waals surface area contributed by atoms with Crippen molar-refractivity contribution in [2.45, 2.75) is 50.8 Å². The van der Waals surface area contributed by atoms with E-state index in [1.54, 1.807) is 0 Å². The van der Waals surface area contributed by atoms with Gasteiger partial charge in [0, 0.05) is 23.0 Å². The number of fused-ring (bicyclic) bond motifs is 1. The number of rotatable bonds is 5. The van der Waals surface area contributed by atoms with E-state index in [0.717, 1.165) is 37.4 Å². The van der Waals surface area contributed by atoms with Gasteiger partial charge in [-0.3, -0.25) is 0 Å². The quantitative estimate of drug-likeness (QED) is 0.897. The van der Waals surface area contributed by atoms with Gasteiger partial charge in [0.25, 0.3) is 0 Å². The largest absolute Gasteiger partial charge is 0.493 e. The van der Waals surface area contributed by atoms with Crippen LogP contribution in [0.5, 0.6) is 5.75 Å². The second kappa shape index (κ2) is 6.19. The summed E-state index contributed by atoms with van der Waals surface area (Å²) in [6.07, 6.45) is 3.18. The van der Waals surface area contributed by atoms with E-state index in [1.165, 1.54) is 11.1 Å². The number of hydrogen-bond acceptors (Lipinski definition) is 3. The molecule has 2 rings (SSSR count). The lowest BCUT2D eigenvalue weighted by Crippen LogP contribution is -2.26. The number of ether oxygens (including phenoxy) is 1. The molecule has 0 aromatic heterocycles. The van der Waals surface area contributed by atoms with Crippen molar-refractivity contribution in [3.05, 3.63) is 29.3 Å². The molecule has 0 saturated heterocycles. The van der Waals surface area contributed by atoms with Gasteiger partial charge in [-0.1, -0.05) is 32.9 Å². The molecule has 0 aliphatic carbocycles. The Kier molecular flexibility index (Phi) is 4.80. The molecule has 3 heteroatoms. The summed E-state index contributed by atoms with van der Waals surface area (Å²) in [7, 11) is 0. The first kappa shape index (κ1) is 14.7. The Labute approximate surface area is 121 Å². The third-order valence-corrected chi connectivity index (χ3v) is 4.75. The van der Waals surface area contributed by atoms with Crippen LogP contribution in [0, 0.1) is 0 Å². The van der Waals surface area contributed by atoms with Gasteiger partial charge in [0.1, 0.15) is 5.75 Å². The maximum absolute atomic E-state index is 6.20. The summed E-state index contributed by atoms with van der Waals surface area (Å²) in [5, 5.41) is 0. The van der Waals surface area contributed by atoms with Crippen molar-refractivity contribution in [1.29, 1.82) is 0 Å². The molecular formula is C16H25NOS. The van der Waals surface area contributed by atoms with Crippen molar-refractivity contribution in [1.82, 2.24) is 0 Å². The SMILES string of the molecule is CC(C)(C)SCC(N)CCc1ccc2c(c1)CCO2. The highest BCUT2D eigenvalue weighted by atomic mass is 32.2. The molecule has 0 radical (unpaired) electrons. The third kappa shape index (κ3) is 4.73. The van der Waals surface area contributed by atoms with Gasteiger partial charge in [0.15, 0.2) is 0 Å². The molecule has 2 N–H and O–H groups in total. The molecule has 0 fully saturated rings. The molecule has 19 heavy (non-hydrogen) atoms. The zero-order valence-electron chi connectivity index (χ0n) is 12.2. The van der Waals surface area contributed by atoms with Crippen molar-refractivity contribution < 1.29 is 4.74 Å². The fourth-order valence-electron chi connectivity index (χ4n) is 2.19. The summed E-state index contributed by atoms with van der Waals surface area (Å²) in [5.74, 6) is 2.11. The zero-order chi connectivity index (χ0) is 13.9. The van der Waals surface area contributed by atoms with Crippen molar-refractivity contribution >= 4 is 11.8 Å². The molecule has 0 amide bonds. The van der Waals surface area contributed by atoms with E-state index >= 15 is 0 Å². The van der Waals surface area contributed by atoms with E-state index in [-0.39, 0.29) is 6.04 Å². The average molecular weight is 279 g/mol. The monoisotopic (exact) mass is 279 g/mol. The third-order valence-electron chi connectivity index (χ3n) is 3.29. The van der Waals surface area contributed by atoms with Gasteiger partial charge in [0.2, 0.25) is 0 Å². The predicted octanol–water partition coefficient (Wildman–Crippen LogP) is 3.41. The Hall–Kier alpha value is -0.670. The lowest BCUT2D eigenvalue weighted by molar-refractivity contribution is 0.357. The molecule has 1 aliphatic heterocycles. The first-order valence-corrected chi connectivity index (χ1v) is 8.07. The summed E-state index contributed by atoms with van der Waals surface area (Å²) in [4.78, 5) is 0. The van der Waals surface area contributed by atoms with Crippen molar-refractivity contribution in [3.8, 4) is 5.75 Å². The molecular weight excluding hydrogens is 254 g/mol. The lowest BCUT2D eigenvalue weighted by atomic mass is 10.0. The van der Waals surface area contributed by atoms with E-state index in [4.69, 9.17) is 10.5 Å². The molecule has 1 heterocycles. The van der Waals surface area contributed by atoms with Crippen LogP contribution in [0.15, 0.2) is 18.2 Å². The molecule has 0 spiro atoms. The Morgan fingerprint density at radius 1 is 1.37 bits per heavy atom. The van der Waals surface area contributed by atoms with Crippen LogP contribution in [-0.4, -0.2) is 23.1 Å². The Morgan fingerprint density at radius 2 is 2.16 bits per heavy atom. The number of aryl methyl sites for hydroxylation is 1. The summed E-state index contributed by atoms with van der Waals surface area (Å²) >= 11 is 1.95. The fraction of sp³-hybridized carbons (Fsp3) is 0.625. The number of nitrogens with two attached hydrogens (primary N) is 1. The van der Waals surface area contributed by atoms with E-state index in [0.29, 0.717) is 4.75 Å². The van der Waals surface area contributed by atoms with Gasteiger partial charge >= 0.3 is 0 Å². The minimum atomic E-state index is 0.286. The van der Waals surface area contributed by atoms with Crippen LogP contribution in [0.3, 0.4) is 0 Å². The van der Waals surface area contributed by atoms with Gasteiger partial charge < -0.3 is 10.5 Å². The highest BCUT2D eigenvalue weighted by Crippen LogP contribution is 2.27. The van der Waals surface area contributed by atoms with E-state index < -0.39 is 0 Å². The van der Waals surface area contributed by atoms with Crippen LogP contribution in [0.4, 0.5) is 0 Å². The van der Waals surface area contributed by atoms with Gasteiger partial charge in [0.05, 0.1) is 6.61 Å². The smallest absolute Gasteiger partial charge is 0.122 e. The summed E-state index contributed by atoms with van der Waals surface area (Å²) in [6, 6.07) is 6.85. The van der Waals surface area contributed by atoms with Crippen molar-refractivity contribution in [2.75, 3.05) is 12.4 Å². The van der Waals surface area contributed by atoms with Gasteiger partial charge in [-0.05, 0) is 30.0 Å². The Balaban J connectivity index is 1.79. The molecule has 1 aromatic carbocycles. The minimum absolute atomic E-state index is 0.286. The summed E-state index contributed by atoms with van der Waals surface area (Å²) < 4.78 is 5.84. The maximum Gasteiger partial charge on any atom is 0.122 e.